The van der Waals surface area contributed by atoms with Crippen LogP contribution in [0.1, 0.15) is 18.5 Å². The van der Waals surface area contributed by atoms with Crippen molar-refractivity contribution in [3.05, 3.63) is 17.8 Å². The van der Waals surface area contributed by atoms with Crippen molar-refractivity contribution in [1.29, 1.82) is 0 Å². The van der Waals surface area contributed by atoms with Gasteiger partial charge in [0, 0.05) is 13.1 Å². The molecule has 0 aliphatic carbocycles. The number of alkyl halides is 3. The second-order valence-corrected chi connectivity index (χ2v) is 4.28. The topological polar surface area (TPSA) is 41.0 Å². The van der Waals surface area contributed by atoms with Crippen LogP contribution in [0.5, 0.6) is 0 Å². The fraction of sp³-hybridized carbons (Fsp3) is 0.636. The average molecular weight is 260 g/mol. The number of nitrogens with zero attached hydrogens (tertiary/aromatic N) is 3. The van der Waals surface area contributed by atoms with E-state index in [4.69, 9.17) is 0 Å². The third kappa shape index (κ3) is 3.56. The van der Waals surface area contributed by atoms with E-state index in [2.05, 4.69) is 20.4 Å². The summed E-state index contributed by atoms with van der Waals surface area (Å²) < 4.78 is 36.7. The van der Waals surface area contributed by atoms with Crippen LogP contribution in [0.25, 0.3) is 0 Å². The van der Waals surface area contributed by atoms with Crippen molar-refractivity contribution in [1.82, 2.24) is 15.1 Å². The summed E-state index contributed by atoms with van der Waals surface area (Å²) in [5.74, 6) is 0.377. The van der Waals surface area contributed by atoms with E-state index in [0.29, 0.717) is 12.4 Å². The lowest BCUT2D eigenvalue weighted by atomic mass is 10.4. The van der Waals surface area contributed by atoms with Gasteiger partial charge in [-0.1, -0.05) is 0 Å². The number of hydrogen-bond donors (Lipinski definition) is 1. The van der Waals surface area contributed by atoms with Crippen LogP contribution in [-0.2, 0) is 6.18 Å². The zero-order chi connectivity index (χ0) is 13.0. The predicted molar refractivity (Wildman–Crippen MR) is 61.2 cm³/mol. The third-order valence-electron chi connectivity index (χ3n) is 2.89. The summed E-state index contributed by atoms with van der Waals surface area (Å²) in [6, 6.07) is 2.24. The van der Waals surface area contributed by atoms with Crippen LogP contribution in [-0.4, -0.2) is 41.3 Å². The molecule has 2 heterocycles. The van der Waals surface area contributed by atoms with Crippen molar-refractivity contribution in [3.8, 4) is 0 Å². The maximum atomic E-state index is 12.2. The predicted octanol–water partition coefficient (Wildman–Crippen LogP) is 2.00. The van der Waals surface area contributed by atoms with Crippen molar-refractivity contribution >= 4 is 5.82 Å². The standard InChI is InChI=1S/C11H15F3N4/c12-11(13,14)9-3-4-10(17-16-9)15-5-8-18-6-1-2-7-18/h3-4H,1-2,5-8H2,(H,15,17). The molecule has 0 radical (unpaired) electrons. The molecule has 0 spiro atoms. The molecule has 0 atom stereocenters. The largest absolute Gasteiger partial charge is 0.435 e. The summed E-state index contributed by atoms with van der Waals surface area (Å²) in [4.78, 5) is 2.31. The second-order valence-electron chi connectivity index (χ2n) is 4.28. The molecule has 1 N–H and O–H groups in total. The highest BCUT2D eigenvalue weighted by molar-refractivity contribution is 5.33. The molecule has 1 aliphatic heterocycles. The molecule has 1 aromatic rings. The van der Waals surface area contributed by atoms with Crippen LogP contribution in [0.2, 0.25) is 0 Å². The van der Waals surface area contributed by atoms with Gasteiger partial charge in [0.1, 0.15) is 5.82 Å². The quantitative estimate of drug-likeness (QED) is 0.899. The minimum atomic E-state index is -4.43. The lowest BCUT2D eigenvalue weighted by Crippen LogP contribution is -2.26. The molecule has 0 unspecified atom stereocenters. The van der Waals surface area contributed by atoms with Crippen LogP contribution in [0.4, 0.5) is 19.0 Å². The van der Waals surface area contributed by atoms with E-state index in [1.807, 2.05) is 0 Å². The molecule has 0 saturated carbocycles. The number of rotatable bonds is 4. The van der Waals surface area contributed by atoms with Crippen molar-refractivity contribution in [2.75, 3.05) is 31.5 Å². The maximum absolute atomic E-state index is 12.2. The van der Waals surface area contributed by atoms with E-state index >= 15 is 0 Å². The molecule has 0 bridgehead atoms. The van der Waals surface area contributed by atoms with Gasteiger partial charge in [0.05, 0.1) is 0 Å². The molecule has 4 nitrogen and oxygen atoms in total. The van der Waals surface area contributed by atoms with Crippen molar-refractivity contribution < 1.29 is 13.2 Å². The molecule has 7 heteroatoms. The maximum Gasteiger partial charge on any atom is 0.435 e. The van der Waals surface area contributed by atoms with E-state index in [-0.39, 0.29) is 0 Å². The monoisotopic (exact) mass is 260 g/mol. The Bertz CT molecular complexity index is 371. The van der Waals surface area contributed by atoms with Gasteiger partial charge >= 0.3 is 6.18 Å². The minimum Gasteiger partial charge on any atom is -0.367 e. The molecule has 0 amide bonds. The van der Waals surface area contributed by atoms with Crippen LogP contribution < -0.4 is 5.32 Å². The van der Waals surface area contributed by atoms with Gasteiger partial charge in [0.15, 0.2) is 5.69 Å². The van der Waals surface area contributed by atoms with Gasteiger partial charge in [-0.25, -0.2) is 0 Å². The summed E-state index contributed by atoms with van der Waals surface area (Å²) in [6.07, 6.45) is -1.98. The molecule has 1 aliphatic rings. The van der Waals surface area contributed by atoms with Crippen molar-refractivity contribution in [3.63, 3.8) is 0 Å². The van der Waals surface area contributed by atoms with E-state index in [1.165, 1.54) is 18.9 Å². The number of hydrogen-bond acceptors (Lipinski definition) is 4. The summed E-state index contributed by atoms with van der Waals surface area (Å²) >= 11 is 0. The SMILES string of the molecule is FC(F)(F)c1ccc(NCCN2CCCC2)nn1. The van der Waals surface area contributed by atoms with Crippen molar-refractivity contribution in [2.45, 2.75) is 19.0 Å². The van der Waals surface area contributed by atoms with Crippen LogP contribution in [0.3, 0.4) is 0 Å². The third-order valence-corrected chi connectivity index (χ3v) is 2.89. The highest BCUT2D eigenvalue weighted by Crippen LogP contribution is 2.26. The van der Waals surface area contributed by atoms with Crippen LogP contribution >= 0.6 is 0 Å². The highest BCUT2D eigenvalue weighted by Gasteiger charge is 2.32. The van der Waals surface area contributed by atoms with Crippen LogP contribution in [0, 0.1) is 0 Å². The molecule has 0 aromatic carbocycles. The molecule has 18 heavy (non-hydrogen) atoms. The van der Waals surface area contributed by atoms with E-state index in [9.17, 15) is 13.2 Å². The molecule has 2 rings (SSSR count). The molecule has 100 valence electrons. The first-order valence-corrected chi connectivity index (χ1v) is 5.93. The average Bonchev–Trinajstić information content (AvgIpc) is 2.82. The fourth-order valence-corrected chi connectivity index (χ4v) is 1.93. The summed E-state index contributed by atoms with van der Waals surface area (Å²) in [6.45, 7) is 3.74. The Hall–Kier alpha value is -1.37. The van der Waals surface area contributed by atoms with Gasteiger partial charge in [-0.2, -0.15) is 13.2 Å². The Morgan fingerprint density at radius 3 is 2.44 bits per heavy atom. The van der Waals surface area contributed by atoms with Gasteiger partial charge in [-0.3, -0.25) is 0 Å². The molecular formula is C11H15F3N4. The summed E-state index contributed by atoms with van der Waals surface area (Å²) in [5, 5.41) is 9.63. The van der Waals surface area contributed by atoms with Crippen molar-refractivity contribution in [2.24, 2.45) is 0 Å². The van der Waals surface area contributed by atoms with Gasteiger partial charge in [-0.05, 0) is 38.1 Å². The zero-order valence-corrected chi connectivity index (χ0v) is 9.87. The first kappa shape index (κ1) is 13.1. The van der Waals surface area contributed by atoms with Gasteiger partial charge in [0.2, 0.25) is 0 Å². The number of nitrogens with one attached hydrogen (secondary N) is 1. The van der Waals surface area contributed by atoms with E-state index < -0.39 is 11.9 Å². The first-order valence-electron chi connectivity index (χ1n) is 5.93. The Morgan fingerprint density at radius 2 is 1.89 bits per heavy atom. The smallest absolute Gasteiger partial charge is 0.367 e. The lowest BCUT2D eigenvalue weighted by Gasteiger charge is -2.14. The Kier molecular flexibility index (Phi) is 4.00. The molecular weight excluding hydrogens is 245 g/mol. The zero-order valence-electron chi connectivity index (χ0n) is 9.87. The van der Waals surface area contributed by atoms with E-state index in [0.717, 1.165) is 25.7 Å². The summed E-state index contributed by atoms with van der Waals surface area (Å²) in [7, 11) is 0. The number of halogens is 3. The normalized spacial score (nSPS) is 17.1. The Labute approximate surface area is 103 Å². The summed E-state index contributed by atoms with van der Waals surface area (Å²) in [5.41, 5.74) is -0.965. The fourth-order valence-electron chi connectivity index (χ4n) is 1.93. The minimum absolute atomic E-state index is 0.377. The number of anilines is 1. The van der Waals surface area contributed by atoms with Crippen LogP contribution in [0.15, 0.2) is 12.1 Å². The van der Waals surface area contributed by atoms with Gasteiger partial charge in [0.25, 0.3) is 0 Å². The Balaban J connectivity index is 1.79. The molecule has 1 aromatic heterocycles. The van der Waals surface area contributed by atoms with Gasteiger partial charge < -0.3 is 10.2 Å². The van der Waals surface area contributed by atoms with Gasteiger partial charge in [-0.15, -0.1) is 10.2 Å². The number of likely N-dealkylation sites (tertiary alicyclic amines) is 1. The highest BCUT2D eigenvalue weighted by atomic mass is 19.4. The van der Waals surface area contributed by atoms with E-state index in [1.54, 1.807) is 0 Å². The Morgan fingerprint density at radius 1 is 1.17 bits per heavy atom. The lowest BCUT2D eigenvalue weighted by molar-refractivity contribution is -0.141. The first-order chi connectivity index (χ1) is 8.55. The second kappa shape index (κ2) is 5.51. The number of aromatic nitrogens is 2. The molecule has 1 fully saturated rings. The molecule has 1 saturated heterocycles.